The first-order valence-corrected chi connectivity index (χ1v) is 10.6. The number of hydrogen-bond donors (Lipinski definition) is 1. The normalized spacial score (nSPS) is 51.0. The van der Waals surface area contributed by atoms with Gasteiger partial charge in [-0.2, -0.15) is 0 Å². The summed E-state index contributed by atoms with van der Waals surface area (Å²) < 4.78 is 0. The predicted molar refractivity (Wildman–Crippen MR) is 98.2 cm³/mol. The van der Waals surface area contributed by atoms with Crippen molar-refractivity contribution in [1.29, 1.82) is 0 Å². The van der Waals surface area contributed by atoms with Gasteiger partial charge in [-0.25, -0.2) is 0 Å². The molecule has 2 heterocycles. The van der Waals surface area contributed by atoms with E-state index in [1.165, 1.54) is 51.6 Å². The summed E-state index contributed by atoms with van der Waals surface area (Å²) in [6.45, 7) is 7.54. The number of hydrogen-bond acceptors (Lipinski definition) is 2. The van der Waals surface area contributed by atoms with E-state index in [1.54, 1.807) is 5.57 Å². The van der Waals surface area contributed by atoms with Gasteiger partial charge in [-0.3, -0.25) is 9.69 Å². The Bertz CT molecular complexity index is 628. The van der Waals surface area contributed by atoms with E-state index in [9.17, 15) is 9.90 Å². The van der Waals surface area contributed by atoms with Crippen LogP contribution in [-0.2, 0) is 4.79 Å². The number of carboxylic acid groups (broad SMARTS) is 1. The van der Waals surface area contributed by atoms with Crippen LogP contribution < -0.4 is 0 Å². The number of nitrogens with zero attached hydrogens (tertiary/aromatic N) is 1. The maximum absolute atomic E-state index is 11.6. The van der Waals surface area contributed by atoms with Gasteiger partial charge < -0.3 is 5.11 Å². The molecule has 7 atom stereocenters. The lowest BCUT2D eigenvalue weighted by atomic mass is 9.42. The second-order valence-electron chi connectivity index (χ2n) is 10.1. The number of aliphatic carboxylic acids is 1. The third-order valence-electron chi connectivity index (χ3n) is 9.36. The largest absolute Gasteiger partial charge is 0.481 e. The van der Waals surface area contributed by atoms with Crippen molar-refractivity contribution >= 4 is 5.97 Å². The Morgan fingerprint density at radius 1 is 1.28 bits per heavy atom. The van der Waals surface area contributed by atoms with E-state index in [0.29, 0.717) is 17.9 Å². The summed E-state index contributed by atoms with van der Waals surface area (Å²) in [6, 6.07) is 0.613. The Morgan fingerprint density at radius 2 is 2.12 bits per heavy atom. The standard InChI is InChI=1S/C22H33NO2/c1-14-12-23-13-16-7-6-15-4-3-5-18(15)22(11-9-19(24)25)20(23)17(14)8-10-21(16,22)2/h5,14-17,20H,3-4,6-13H2,1-2H3,(H,24,25)/t14?,15-,16+,17+,20-,21-,22-/m0/s1. The summed E-state index contributed by atoms with van der Waals surface area (Å²) >= 11 is 0. The minimum atomic E-state index is -0.604. The quantitative estimate of drug-likeness (QED) is 0.775. The molecule has 0 aromatic heterocycles. The Hall–Kier alpha value is -0.830. The molecule has 1 unspecified atom stereocenters. The van der Waals surface area contributed by atoms with Crippen LogP contribution in [-0.4, -0.2) is 35.1 Å². The van der Waals surface area contributed by atoms with E-state index in [2.05, 4.69) is 24.8 Å². The van der Waals surface area contributed by atoms with Crippen molar-refractivity contribution in [2.24, 2.45) is 34.5 Å². The summed E-state index contributed by atoms with van der Waals surface area (Å²) in [5.41, 5.74) is 2.17. The monoisotopic (exact) mass is 343 g/mol. The maximum Gasteiger partial charge on any atom is 0.303 e. The van der Waals surface area contributed by atoms with Gasteiger partial charge in [-0.1, -0.05) is 25.5 Å². The molecule has 2 aliphatic heterocycles. The van der Waals surface area contributed by atoms with E-state index in [-0.39, 0.29) is 5.41 Å². The second kappa shape index (κ2) is 5.34. The van der Waals surface area contributed by atoms with Crippen LogP contribution in [0.3, 0.4) is 0 Å². The van der Waals surface area contributed by atoms with Crippen molar-refractivity contribution in [3.63, 3.8) is 0 Å². The highest BCUT2D eigenvalue weighted by Crippen LogP contribution is 2.72. The first-order chi connectivity index (χ1) is 12.0. The number of fused-ring (bicyclic) bond motifs is 1. The number of rotatable bonds is 3. The second-order valence-corrected chi connectivity index (χ2v) is 10.1. The lowest BCUT2D eigenvalue weighted by Gasteiger charge is -2.66. The molecule has 3 nitrogen and oxygen atoms in total. The van der Waals surface area contributed by atoms with Crippen LogP contribution in [0.2, 0.25) is 0 Å². The summed E-state index contributed by atoms with van der Waals surface area (Å²) in [7, 11) is 0. The topological polar surface area (TPSA) is 40.5 Å². The molecule has 5 rings (SSSR count). The molecule has 3 heteroatoms. The summed E-state index contributed by atoms with van der Waals surface area (Å²) in [4.78, 5) is 14.4. The van der Waals surface area contributed by atoms with Crippen molar-refractivity contribution in [2.75, 3.05) is 13.1 Å². The molecule has 4 bridgehead atoms. The first kappa shape index (κ1) is 16.4. The highest BCUT2D eigenvalue weighted by molar-refractivity contribution is 5.67. The van der Waals surface area contributed by atoms with Gasteiger partial charge in [0.2, 0.25) is 0 Å². The molecule has 4 fully saturated rings. The number of piperidine rings is 1. The molecule has 0 amide bonds. The minimum absolute atomic E-state index is 0.139. The van der Waals surface area contributed by atoms with Gasteiger partial charge in [0.15, 0.2) is 0 Å². The van der Waals surface area contributed by atoms with Crippen LogP contribution >= 0.6 is 0 Å². The molecule has 0 aromatic carbocycles. The maximum atomic E-state index is 11.6. The van der Waals surface area contributed by atoms with E-state index in [4.69, 9.17) is 0 Å². The summed E-state index contributed by atoms with van der Waals surface area (Å²) in [5.74, 6) is 2.46. The van der Waals surface area contributed by atoms with Crippen LogP contribution in [0.1, 0.15) is 65.2 Å². The Morgan fingerprint density at radius 3 is 2.92 bits per heavy atom. The molecule has 0 radical (unpaired) electrons. The molecule has 2 saturated carbocycles. The third-order valence-corrected chi connectivity index (χ3v) is 9.36. The minimum Gasteiger partial charge on any atom is -0.481 e. The molecule has 25 heavy (non-hydrogen) atoms. The molecule has 3 aliphatic carbocycles. The molecule has 1 N–H and O–H groups in total. The predicted octanol–water partition coefficient (Wildman–Crippen LogP) is 4.33. The first-order valence-electron chi connectivity index (χ1n) is 10.6. The molecule has 5 aliphatic rings. The van der Waals surface area contributed by atoms with Crippen LogP contribution in [0.4, 0.5) is 0 Å². The molecule has 138 valence electrons. The molecule has 0 spiro atoms. The van der Waals surface area contributed by atoms with E-state index >= 15 is 0 Å². The van der Waals surface area contributed by atoms with Gasteiger partial charge in [-0.05, 0) is 74.0 Å². The zero-order chi connectivity index (χ0) is 17.4. The van der Waals surface area contributed by atoms with E-state index in [1.807, 2.05) is 0 Å². The smallest absolute Gasteiger partial charge is 0.303 e. The van der Waals surface area contributed by atoms with Crippen LogP contribution in [0.25, 0.3) is 0 Å². The van der Waals surface area contributed by atoms with Crippen molar-refractivity contribution in [2.45, 2.75) is 71.3 Å². The fraction of sp³-hybridized carbons (Fsp3) is 0.864. The average molecular weight is 344 g/mol. The van der Waals surface area contributed by atoms with Gasteiger partial charge in [-0.15, -0.1) is 0 Å². The SMILES string of the molecule is CC1CN2C[C@H]3CC[C@@H]4CCC=C4[C@@]4(CCC(=O)O)[C@@H]2[C@@H]1CC[C@@]34C. The van der Waals surface area contributed by atoms with Gasteiger partial charge in [0.25, 0.3) is 0 Å². The van der Waals surface area contributed by atoms with Gasteiger partial charge in [0, 0.05) is 31.0 Å². The Labute approximate surface area is 151 Å². The van der Waals surface area contributed by atoms with Crippen LogP contribution in [0, 0.1) is 34.5 Å². The van der Waals surface area contributed by atoms with E-state index in [0.717, 1.165) is 30.1 Å². The molecular formula is C22H33NO2. The molecular weight excluding hydrogens is 310 g/mol. The summed E-state index contributed by atoms with van der Waals surface area (Å²) in [6.07, 6.45) is 11.7. The van der Waals surface area contributed by atoms with E-state index < -0.39 is 5.97 Å². The van der Waals surface area contributed by atoms with Crippen molar-refractivity contribution < 1.29 is 9.90 Å². The van der Waals surface area contributed by atoms with Gasteiger partial charge in [0.1, 0.15) is 0 Å². The highest BCUT2D eigenvalue weighted by Gasteiger charge is 2.69. The van der Waals surface area contributed by atoms with Crippen molar-refractivity contribution in [3.05, 3.63) is 11.6 Å². The van der Waals surface area contributed by atoms with Crippen molar-refractivity contribution in [3.8, 4) is 0 Å². The Kier molecular flexibility index (Phi) is 3.49. The summed E-state index contributed by atoms with van der Waals surface area (Å²) in [5, 5.41) is 9.56. The van der Waals surface area contributed by atoms with Gasteiger partial charge in [0.05, 0.1) is 0 Å². The average Bonchev–Trinajstić information content (AvgIpc) is 3.14. The zero-order valence-electron chi connectivity index (χ0n) is 15.8. The fourth-order valence-electron chi connectivity index (χ4n) is 8.39. The van der Waals surface area contributed by atoms with Crippen LogP contribution in [0.15, 0.2) is 11.6 Å². The fourth-order valence-corrected chi connectivity index (χ4v) is 8.39. The number of carboxylic acids is 1. The van der Waals surface area contributed by atoms with Crippen molar-refractivity contribution in [1.82, 2.24) is 4.90 Å². The number of allylic oxidation sites excluding steroid dienone is 1. The molecule has 2 saturated heterocycles. The Balaban J connectivity index is 1.71. The lowest BCUT2D eigenvalue weighted by molar-refractivity contribution is -0.153. The third kappa shape index (κ3) is 1.94. The van der Waals surface area contributed by atoms with Crippen LogP contribution in [0.5, 0.6) is 0 Å². The molecule has 0 aromatic rings. The highest BCUT2D eigenvalue weighted by atomic mass is 16.4. The van der Waals surface area contributed by atoms with Gasteiger partial charge >= 0.3 is 5.97 Å². The number of carbonyl (C=O) groups is 1. The zero-order valence-corrected chi connectivity index (χ0v) is 15.8. The lowest BCUT2D eigenvalue weighted by Crippen LogP contribution is -2.67.